The molecule has 1 saturated heterocycles. The molecule has 3 unspecified atom stereocenters. The molecule has 2 rings (SSSR count). The van der Waals surface area contributed by atoms with Crippen LogP contribution in [-0.2, 0) is 4.79 Å². The van der Waals surface area contributed by atoms with Crippen LogP contribution < -0.4 is 5.73 Å². The topological polar surface area (TPSA) is 66.6 Å². The van der Waals surface area contributed by atoms with Gasteiger partial charge in [-0.15, -0.1) is 0 Å². The summed E-state index contributed by atoms with van der Waals surface area (Å²) in [5.74, 6) is 1.12. The van der Waals surface area contributed by atoms with Gasteiger partial charge in [-0.05, 0) is 43.9 Å². The first-order chi connectivity index (χ1) is 8.60. The Hall–Kier alpha value is -0.610. The van der Waals surface area contributed by atoms with Crippen molar-refractivity contribution in [3.05, 3.63) is 0 Å². The summed E-state index contributed by atoms with van der Waals surface area (Å²) in [4.78, 5) is 13.8. The average Bonchev–Trinajstić information content (AvgIpc) is 3.12. The maximum Gasteiger partial charge on any atom is 0.222 e. The van der Waals surface area contributed by atoms with E-state index >= 15 is 0 Å². The van der Waals surface area contributed by atoms with Gasteiger partial charge in [0.15, 0.2) is 0 Å². The van der Waals surface area contributed by atoms with Crippen molar-refractivity contribution in [2.75, 3.05) is 13.1 Å². The number of hydrogen-bond donors (Lipinski definition) is 2. The third-order valence-electron chi connectivity index (χ3n) is 4.13. The van der Waals surface area contributed by atoms with E-state index in [4.69, 9.17) is 5.73 Å². The number of hydrogen-bond acceptors (Lipinski definition) is 3. The predicted octanol–water partition coefficient (Wildman–Crippen LogP) is 1.12. The molecule has 104 valence electrons. The van der Waals surface area contributed by atoms with Crippen LogP contribution in [0, 0.1) is 11.8 Å². The van der Waals surface area contributed by atoms with Crippen molar-refractivity contribution in [3.8, 4) is 0 Å². The molecule has 3 atom stereocenters. The molecular weight excluding hydrogens is 228 g/mol. The number of carbonyl (C=O) groups excluding carboxylic acids is 1. The van der Waals surface area contributed by atoms with Crippen LogP contribution in [-0.4, -0.2) is 41.1 Å². The number of amides is 1. The molecule has 3 N–H and O–H groups in total. The summed E-state index contributed by atoms with van der Waals surface area (Å²) in [6.45, 7) is 3.50. The first kappa shape index (κ1) is 13.8. The molecule has 18 heavy (non-hydrogen) atoms. The second-order valence-electron chi connectivity index (χ2n) is 6.05. The Labute approximate surface area is 110 Å². The highest BCUT2D eigenvalue weighted by Gasteiger charge is 2.34. The summed E-state index contributed by atoms with van der Waals surface area (Å²) in [7, 11) is 0. The van der Waals surface area contributed by atoms with Gasteiger partial charge in [0.2, 0.25) is 5.91 Å². The van der Waals surface area contributed by atoms with Gasteiger partial charge in [-0.3, -0.25) is 4.79 Å². The van der Waals surface area contributed by atoms with Gasteiger partial charge in [-0.2, -0.15) is 0 Å². The lowest BCUT2D eigenvalue weighted by Crippen LogP contribution is -2.50. The van der Waals surface area contributed by atoms with Gasteiger partial charge in [-0.1, -0.05) is 6.92 Å². The molecule has 0 radical (unpaired) electrons. The summed E-state index contributed by atoms with van der Waals surface area (Å²) >= 11 is 0. The van der Waals surface area contributed by atoms with Gasteiger partial charge in [0, 0.05) is 25.6 Å². The van der Waals surface area contributed by atoms with Crippen molar-refractivity contribution in [2.24, 2.45) is 17.6 Å². The molecule has 1 aliphatic carbocycles. The van der Waals surface area contributed by atoms with Crippen LogP contribution in [0.5, 0.6) is 0 Å². The zero-order chi connectivity index (χ0) is 13.1. The van der Waals surface area contributed by atoms with Gasteiger partial charge in [0.25, 0.3) is 0 Å². The Morgan fingerprint density at radius 3 is 2.78 bits per heavy atom. The van der Waals surface area contributed by atoms with E-state index in [-0.39, 0.29) is 18.1 Å². The minimum atomic E-state index is -0.177. The Morgan fingerprint density at radius 1 is 1.44 bits per heavy atom. The van der Waals surface area contributed by atoms with Crippen molar-refractivity contribution in [1.82, 2.24) is 4.90 Å². The number of aliphatic hydroxyl groups is 1. The summed E-state index contributed by atoms with van der Waals surface area (Å²) in [6, 6.07) is 0.0796. The summed E-state index contributed by atoms with van der Waals surface area (Å²) in [5.41, 5.74) is 6.04. The van der Waals surface area contributed by atoms with Crippen LogP contribution >= 0.6 is 0 Å². The van der Waals surface area contributed by atoms with Crippen LogP contribution in [0.25, 0.3) is 0 Å². The molecule has 4 heteroatoms. The fourth-order valence-corrected chi connectivity index (χ4v) is 3.01. The molecule has 0 bridgehead atoms. The lowest BCUT2D eigenvalue weighted by molar-refractivity contribution is -0.133. The largest absolute Gasteiger partial charge is 0.393 e. The highest BCUT2D eigenvalue weighted by molar-refractivity contribution is 5.76. The fourth-order valence-electron chi connectivity index (χ4n) is 3.01. The van der Waals surface area contributed by atoms with Crippen LogP contribution in [0.3, 0.4) is 0 Å². The van der Waals surface area contributed by atoms with Crippen LogP contribution in [0.4, 0.5) is 0 Å². The second kappa shape index (κ2) is 6.02. The molecule has 4 nitrogen and oxygen atoms in total. The van der Waals surface area contributed by atoms with Crippen molar-refractivity contribution in [3.63, 3.8) is 0 Å². The monoisotopic (exact) mass is 254 g/mol. The zero-order valence-corrected chi connectivity index (χ0v) is 11.3. The molecule has 1 aliphatic heterocycles. The molecule has 0 aromatic carbocycles. The molecule has 0 aromatic heterocycles. The molecule has 1 saturated carbocycles. The number of nitrogens with zero attached hydrogens (tertiary/aromatic N) is 1. The fraction of sp³-hybridized carbons (Fsp3) is 0.929. The molecule has 2 aliphatic rings. The minimum absolute atomic E-state index is 0.0796. The molecule has 1 amide bonds. The third kappa shape index (κ3) is 3.69. The second-order valence-corrected chi connectivity index (χ2v) is 6.05. The quantitative estimate of drug-likeness (QED) is 0.772. The standard InChI is InChI=1S/C14H26N2O2/c1-2-3-14(18)16-8-10(6-12(15)9-16)7-13(17)11-4-5-11/h10-13,17H,2-9,15H2,1H3. The number of aliphatic hydroxyl groups excluding tert-OH is 1. The maximum absolute atomic E-state index is 11.9. The first-order valence-electron chi connectivity index (χ1n) is 7.31. The smallest absolute Gasteiger partial charge is 0.222 e. The third-order valence-corrected chi connectivity index (χ3v) is 4.13. The highest BCUT2D eigenvalue weighted by Crippen LogP contribution is 2.36. The Kier molecular flexibility index (Phi) is 4.62. The number of carbonyl (C=O) groups is 1. The summed E-state index contributed by atoms with van der Waals surface area (Å²) in [5, 5.41) is 10.0. The molecule has 0 spiro atoms. The van der Waals surface area contributed by atoms with Crippen LogP contribution in [0.15, 0.2) is 0 Å². The number of piperidine rings is 1. The van der Waals surface area contributed by atoms with Gasteiger partial charge >= 0.3 is 0 Å². The van der Waals surface area contributed by atoms with Gasteiger partial charge in [0.05, 0.1) is 6.10 Å². The van der Waals surface area contributed by atoms with E-state index < -0.39 is 0 Å². The van der Waals surface area contributed by atoms with Crippen molar-refractivity contribution >= 4 is 5.91 Å². The molecule has 1 heterocycles. The van der Waals surface area contributed by atoms with E-state index in [1.165, 1.54) is 12.8 Å². The van der Waals surface area contributed by atoms with Gasteiger partial charge < -0.3 is 15.7 Å². The van der Waals surface area contributed by atoms with Crippen molar-refractivity contribution < 1.29 is 9.90 Å². The van der Waals surface area contributed by atoms with Crippen molar-refractivity contribution in [2.45, 2.75) is 57.6 Å². The number of rotatable bonds is 5. The Balaban J connectivity index is 1.85. The predicted molar refractivity (Wildman–Crippen MR) is 70.9 cm³/mol. The lowest BCUT2D eigenvalue weighted by atomic mass is 9.88. The van der Waals surface area contributed by atoms with E-state index in [0.717, 1.165) is 25.8 Å². The SMILES string of the molecule is CCCC(=O)N1CC(N)CC(CC(O)C2CC2)C1. The molecule has 0 aromatic rings. The summed E-state index contributed by atoms with van der Waals surface area (Å²) in [6.07, 6.45) is 5.42. The van der Waals surface area contributed by atoms with E-state index in [1.54, 1.807) is 0 Å². The average molecular weight is 254 g/mol. The van der Waals surface area contributed by atoms with Crippen molar-refractivity contribution in [1.29, 1.82) is 0 Å². The van der Waals surface area contributed by atoms with E-state index in [2.05, 4.69) is 0 Å². The van der Waals surface area contributed by atoms with Gasteiger partial charge in [0.1, 0.15) is 0 Å². The lowest BCUT2D eigenvalue weighted by Gasteiger charge is -2.37. The normalized spacial score (nSPS) is 30.3. The van der Waals surface area contributed by atoms with E-state index in [9.17, 15) is 9.90 Å². The highest BCUT2D eigenvalue weighted by atomic mass is 16.3. The summed E-state index contributed by atoms with van der Waals surface area (Å²) < 4.78 is 0. The number of likely N-dealkylation sites (tertiary alicyclic amines) is 1. The molecule has 2 fully saturated rings. The van der Waals surface area contributed by atoms with Crippen LogP contribution in [0.1, 0.15) is 45.4 Å². The van der Waals surface area contributed by atoms with E-state index in [0.29, 0.717) is 24.8 Å². The number of nitrogens with two attached hydrogens (primary N) is 1. The Bertz CT molecular complexity index is 292. The molecular formula is C14H26N2O2. The maximum atomic E-state index is 11.9. The van der Waals surface area contributed by atoms with Gasteiger partial charge in [-0.25, -0.2) is 0 Å². The van der Waals surface area contributed by atoms with E-state index in [1.807, 2.05) is 11.8 Å². The first-order valence-corrected chi connectivity index (χ1v) is 7.31. The minimum Gasteiger partial charge on any atom is -0.393 e. The van der Waals surface area contributed by atoms with Crippen LogP contribution in [0.2, 0.25) is 0 Å². The Morgan fingerprint density at radius 2 is 2.17 bits per heavy atom. The zero-order valence-electron chi connectivity index (χ0n) is 11.3.